The molecule has 1 aromatic rings. The van der Waals surface area contributed by atoms with Crippen molar-refractivity contribution in [2.24, 2.45) is 5.41 Å². The number of nitrogens with zero attached hydrogens (tertiary/aromatic N) is 3. The first-order valence-corrected chi connectivity index (χ1v) is 5.69. The van der Waals surface area contributed by atoms with Gasteiger partial charge in [0.25, 0.3) is 0 Å². The summed E-state index contributed by atoms with van der Waals surface area (Å²) in [4.78, 5) is 10.5. The van der Waals surface area contributed by atoms with Gasteiger partial charge in [-0.15, -0.1) is 0 Å². The minimum atomic E-state index is 0.295. The third kappa shape index (κ3) is 3.68. The second-order valence-electron chi connectivity index (χ2n) is 5.01. The van der Waals surface area contributed by atoms with E-state index < -0.39 is 0 Å². The molecule has 0 aliphatic rings. The Bertz CT molecular complexity index is 334. The highest BCUT2D eigenvalue weighted by atomic mass is 15.2. The predicted octanol–water partition coefficient (Wildman–Crippen LogP) is 2.39. The monoisotopic (exact) mass is 222 g/mol. The van der Waals surface area contributed by atoms with Gasteiger partial charge in [-0.3, -0.25) is 0 Å². The zero-order valence-corrected chi connectivity index (χ0v) is 10.9. The van der Waals surface area contributed by atoms with E-state index >= 15 is 0 Å². The molecule has 0 unspecified atom stereocenters. The first kappa shape index (κ1) is 12.7. The molecule has 0 amide bonds. The van der Waals surface area contributed by atoms with E-state index in [9.17, 15) is 0 Å². The fourth-order valence-corrected chi connectivity index (χ4v) is 1.12. The summed E-state index contributed by atoms with van der Waals surface area (Å²) in [5.74, 6) is 1.62. The minimum absolute atomic E-state index is 0.295. The van der Waals surface area contributed by atoms with E-state index in [4.69, 9.17) is 0 Å². The Morgan fingerprint density at radius 1 is 1.38 bits per heavy atom. The Kier molecular flexibility index (Phi) is 4.10. The van der Waals surface area contributed by atoms with Crippen LogP contribution < -0.4 is 10.2 Å². The molecule has 4 heteroatoms. The van der Waals surface area contributed by atoms with Crippen LogP contribution in [0.25, 0.3) is 0 Å². The molecule has 0 radical (unpaired) electrons. The van der Waals surface area contributed by atoms with E-state index in [0.29, 0.717) is 5.41 Å². The second kappa shape index (κ2) is 5.14. The number of aromatic nitrogens is 2. The minimum Gasteiger partial charge on any atom is -0.369 e. The van der Waals surface area contributed by atoms with Gasteiger partial charge in [0.1, 0.15) is 5.82 Å². The smallest absolute Gasteiger partial charge is 0.226 e. The van der Waals surface area contributed by atoms with Gasteiger partial charge >= 0.3 is 0 Å². The first-order valence-electron chi connectivity index (χ1n) is 5.69. The fraction of sp³-hybridized carbons (Fsp3) is 0.667. The van der Waals surface area contributed by atoms with Crippen molar-refractivity contribution in [3.05, 3.63) is 12.3 Å². The molecular formula is C12H22N4. The topological polar surface area (TPSA) is 41.1 Å². The normalized spacial score (nSPS) is 11.3. The number of anilines is 2. The van der Waals surface area contributed by atoms with Crippen molar-refractivity contribution in [2.45, 2.75) is 27.2 Å². The molecule has 0 aliphatic carbocycles. The lowest BCUT2D eigenvalue weighted by atomic mass is 9.90. The van der Waals surface area contributed by atoms with Crippen LogP contribution in [-0.2, 0) is 0 Å². The molecule has 1 aromatic heterocycles. The molecule has 0 bridgehead atoms. The van der Waals surface area contributed by atoms with Gasteiger partial charge in [0.2, 0.25) is 5.95 Å². The number of hydrogen-bond acceptors (Lipinski definition) is 4. The van der Waals surface area contributed by atoms with E-state index in [0.717, 1.165) is 24.7 Å². The number of hydrogen-bond donors (Lipinski definition) is 1. The van der Waals surface area contributed by atoms with E-state index in [1.807, 2.05) is 25.1 Å². The Balaban J connectivity index is 2.64. The van der Waals surface area contributed by atoms with Gasteiger partial charge in [-0.05, 0) is 17.9 Å². The molecular weight excluding hydrogens is 200 g/mol. The lowest BCUT2D eigenvalue weighted by Crippen LogP contribution is -2.23. The van der Waals surface area contributed by atoms with Crippen LogP contribution in [0.3, 0.4) is 0 Å². The van der Waals surface area contributed by atoms with Gasteiger partial charge in [0.05, 0.1) is 0 Å². The third-order valence-corrected chi connectivity index (χ3v) is 2.75. The van der Waals surface area contributed by atoms with Crippen molar-refractivity contribution in [3.8, 4) is 0 Å². The van der Waals surface area contributed by atoms with Crippen molar-refractivity contribution in [2.75, 3.05) is 30.9 Å². The maximum atomic E-state index is 4.41. The van der Waals surface area contributed by atoms with Crippen molar-refractivity contribution in [1.82, 2.24) is 9.97 Å². The zero-order valence-electron chi connectivity index (χ0n) is 10.9. The van der Waals surface area contributed by atoms with Gasteiger partial charge in [-0.25, -0.2) is 4.98 Å². The first-order chi connectivity index (χ1) is 7.44. The fourth-order valence-electron chi connectivity index (χ4n) is 1.12. The van der Waals surface area contributed by atoms with Crippen LogP contribution >= 0.6 is 0 Å². The molecule has 1 heterocycles. The Labute approximate surface area is 98.1 Å². The SMILES string of the molecule is CCC(C)(C)CNc1ccnc(N(C)C)n1. The van der Waals surface area contributed by atoms with Gasteiger partial charge in [-0.2, -0.15) is 4.98 Å². The molecule has 0 aromatic carbocycles. The molecule has 0 aliphatic heterocycles. The van der Waals surface area contributed by atoms with Crippen LogP contribution in [0.5, 0.6) is 0 Å². The third-order valence-electron chi connectivity index (χ3n) is 2.75. The van der Waals surface area contributed by atoms with Gasteiger partial charge in [0, 0.05) is 26.8 Å². The molecule has 1 rings (SSSR count). The highest BCUT2D eigenvalue weighted by Gasteiger charge is 2.14. The highest BCUT2D eigenvalue weighted by molar-refractivity contribution is 5.40. The quantitative estimate of drug-likeness (QED) is 0.830. The summed E-state index contributed by atoms with van der Waals surface area (Å²) in [5, 5.41) is 3.35. The second-order valence-corrected chi connectivity index (χ2v) is 5.01. The lowest BCUT2D eigenvalue weighted by molar-refractivity contribution is 0.376. The number of nitrogens with one attached hydrogen (secondary N) is 1. The molecule has 0 saturated carbocycles. The largest absolute Gasteiger partial charge is 0.369 e. The van der Waals surface area contributed by atoms with Crippen molar-refractivity contribution < 1.29 is 0 Å². The molecule has 0 fully saturated rings. The average molecular weight is 222 g/mol. The summed E-state index contributed by atoms with van der Waals surface area (Å²) in [5.41, 5.74) is 0.295. The van der Waals surface area contributed by atoms with Crippen LogP contribution in [0.1, 0.15) is 27.2 Å². The molecule has 4 nitrogen and oxygen atoms in total. The lowest BCUT2D eigenvalue weighted by Gasteiger charge is -2.23. The maximum Gasteiger partial charge on any atom is 0.226 e. The molecule has 0 saturated heterocycles. The van der Waals surface area contributed by atoms with Crippen LogP contribution in [0.2, 0.25) is 0 Å². The molecule has 0 atom stereocenters. The van der Waals surface area contributed by atoms with Gasteiger partial charge < -0.3 is 10.2 Å². The summed E-state index contributed by atoms with van der Waals surface area (Å²) >= 11 is 0. The average Bonchev–Trinajstić information content (AvgIpc) is 2.27. The summed E-state index contributed by atoms with van der Waals surface area (Å²) in [7, 11) is 3.88. The molecule has 1 N–H and O–H groups in total. The van der Waals surface area contributed by atoms with Gasteiger partial charge in [-0.1, -0.05) is 20.8 Å². The Hall–Kier alpha value is -1.32. The Morgan fingerprint density at radius 2 is 2.06 bits per heavy atom. The van der Waals surface area contributed by atoms with Crippen LogP contribution in [0, 0.1) is 5.41 Å². The van der Waals surface area contributed by atoms with Crippen LogP contribution in [-0.4, -0.2) is 30.6 Å². The summed E-state index contributed by atoms with van der Waals surface area (Å²) in [6.45, 7) is 7.61. The molecule has 16 heavy (non-hydrogen) atoms. The summed E-state index contributed by atoms with van der Waals surface area (Å²) < 4.78 is 0. The molecule has 90 valence electrons. The van der Waals surface area contributed by atoms with E-state index in [2.05, 4.69) is 36.1 Å². The number of rotatable bonds is 5. The zero-order chi connectivity index (χ0) is 12.2. The van der Waals surface area contributed by atoms with Crippen molar-refractivity contribution in [1.29, 1.82) is 0 Å². The van der Waals surface area contributed by atoms with Gasteiger partial charge in [0.15, 0.2) is 0 Å². The molecule has 0 spiro atoms. The van der Waals surface area contributed by atoms with E-state index in [1.54, 1.807) is 6.20 Å². The highest BCUT2D eigenvalue weighted by Crippen LogP contribution is 2.20. The van der Waals surface area contributed by atoms with Crippen LogP contribution in [0.15, 0.2) is 12.3 Å². The standard InChI is InChI=1S/C12H22N4/c1-6-12(2,3)9-14-10-7-8-13-11(15-10)16(4)5/h7-8H,6,9H2,1-5H3,(H,13,14,15). The van der Waals surface area contributed by atoms with E-state index in [1.165, 1.54) is 0 Å². The van der Waals surface area contributed by atoms with E-state index in [-0.39, 0.29) is 0 Å². The predicted molar refractivity (Wildman–Crippen MR) is 68.9 cm³/mol. The van der Waals surface area contributed by atoms with Crippen LogP contribution in [0.4, 0.5) is 11.8 Å². The van der Waals surface area contributed by atoms with Crippen molar-refractivity contribution >= 4 is 11.8 Å². The maximum absolute atomic E-state index is 4.41. The van der Waals surface area contributed by atoms with Crippen molar-refractivity contribution in [3.63, 3.8) is 0 Å². The summed E-state index contributed by atoms with van der Waals surface area (Å²) in [6, 6.07) is 1.90. The Morgan fingerprint density at radius 3 is 2.62 bits per heavy atom. The summed E-state index contributed by atoms with van der Waals surface area (Å²) in [6.07, 6.45) is 2.93.